The van der Waals surface area contributed by atoms with E-state index in [9.17, 15) is 0 Å². The van der Waals surface area contributed by atoms with E-state index in [0.29, 0.717) is 10.0 Å². The third-order valence-electron chi connectivity index (χ3n) is 3.76. The van der Waals surface area contributed by atoms with Crippen LogP contribution in [0.4, 0.5) is 5.82 Å². The van der Waals surface area contributed by atoms with Crippen molar-refractivity contribution >= 4 is 40.4 Å². The molecule has 3 heterocycles. The lowest BCUT2D eigenvalue weighted by Crippen LogP contribution is -2.04. The molecule has 3 nitrogen and oxygen atoms in total. The molecule has 0 saturated carbocycles. The van der Waals surface area contributed by atoms with Gasteiger partial charge in [0.15, 0.2) is 0 Å². The molecule has 2 aromatic heterocycles. The van der Waals surface area contributed by atoms with Crippen molar-refractivity contribution in [1.29, 1.82) is 0 Å². The fourth-order valence-electron chi connectivity index (χ4n) is 2.73. The Morgan fingerprint density at radius 3 is 2.82 bits per heavy atom. The Bertz CT molecular complexity index is 866. The highest BCUT2D eigenvalue weighted by molar-refractivity contribution is 7.13. The number of anilines is 1. The lowest BCUT2D eigenvalue weighted by molar-refractivity contribution is 0.883. The Labute approximate surface area is 142 Å². The molecule has 4 rings (SSSR count). The number of halogens is 2. The van der Waals surface area contributed by atoms with Crippen molar-refractivity contribution in [3.8, 4) is 16.3 Å². The predicted molar refractivity (Wildman–Crippen MR) is 93.8 cm³/mol. The van der Waals surface area contributed by atoms with Gasteiger partial charge in [-0.2, -0.15) is 5.10 Å². The second kappa shape index (κ2) is 5.30. The molecule has 0 saturated heterocycles. The zero-order valence-corrected chi connectivity index (χ0v) is 14.2. The number of benzene rings is 1. The smallest absolute Gasteiger partial charge is 0.133 e. The summed E-state index contributed by atoms with van der Waals surface area (Å²) in [4.78, 5) is 1.20. The zero-order chi connectivity index (χ0) is 15.3. The van der Waals surface area contributed by atoms with Crippen LogP contribution in [0, 0.1) is 6.92 Å². The quantitative estimate of drug-likeness (QED) is 0.690. The maximum absolute atomic E-state index is 6.15. The van der Waals surface area contributed by atoms with E-state index in [1.165, 1.54) is 16.0 Å². The van der Waals surface area contributed by atoms with Gasteiger partial charge in [0.25, 0.3) is 0 Å². The van der Waals surface area contributed by atoms with Gasteiger partial charge in [-0.3, -0.25) is 0 Å². The Morgan fingerprint density at radius 2 is 2.09 bits per heavy atom. The lowest BCUT2D eigenvalue weighted by Gasteiger charge is -2.07. The molecule has 1 aromatic carbocycles. The summed E-state index contributed by atoms with van der Waals surface area (Å²) in [6, 6.07) is 7.77. The molecular formula is C16H13Cl2N3S. The van der Waals surface area contributed by atoms with Crippen LogP contribution in [0.5, 0.6) is 0 Å². The van der Waals surface area contributed by atoms with Crippen molar-refractivity contribution in [1.82, 2.24) is 9.78 Å². The molecule has 0 atom stereocenters. The van der Waals surface area contributed by atoms with Crippen molar-refractivity contribution in [3.63, 3.8) is 0 Å². The molecule has 1 N–H and O–H groups in total. The molecule has 0 fully saturated rings. The van der Waals surface area contributed by atoms with Gasteiger partial charge in [0.2, 0.25) is 0 Å². The monoisotopic (exact) mass is 349 g/mol. The van der Waals surface area contributed by atoms with Crippen LogP contribution in [0.2, 0.25) is 10.0 Å². The SMILES string of the molecule is Cc1csc(-c2nn(-c3ccc(Cl)c(Cl)c3)c3c2CCN3)c1. The third kappa shape index (κ3) is 2.22. The second-order valence-electron chi connectivity index (χ2n) is 5.35. The van der Waals surface area contributed by atoms with Gasteiger partial charge in [0.1, 0.15) is 11.5 Å². The fraction of sp³-hybridized carbons (Fsp3) is 0.188. The third-order valence-corrected chi connectivity index (χ3v) is 5.56. The van der Waals surface area contributed by atoms with E-state index >= 15 is 0 Å². The standard InChI is InChI=1S/C16H13Cl2N3S/c1-9-6-14(22-8-9)15-11-4-5-19-16(11)21(20-15)10-2-3-12(17)13(18)7-10/h2-3,6-8,19H,4-5H2,1H3. The largest absolute Gasteiger partial charge is 0.369 e. The maximum Gasteiger partial charge on any atom is 0.133 e. The molecule has 0 radical (unpaired) electrons. The molecule has 0 aliphatic carbocycles. The van der Waals surface area contributed by atoms with Crippen LogP contribution in [0.1, 0.15) is 11.1 Å². The number of hydrogen-bond donors (Lipinski definition) is 1. The van der Waals surface area contributed by atoms with E-state index in [4.69, 9.17) is 28.3 Å². The van der Waals surface area contributed by atoms with Crippen molar-refractivity contribution in [2.24, 2.45) is 0 Å². The predicted octanol–water partition coefficient (Wildman–Crippen LogP) is 5.18. The lowest BCUT2D eigenvalue weighted by atomic mass is 10.1. The van der Waals surface area contributed by atoms with E-state index in [0.717, 1.165) is 30.2 Å². The van der Waals surface area contributed by atoms with Crippen LogP contribution in [0.15, 0.2) is 29.6 Å². The van der Waals surface area contributed by atoms with Crippen LogP contribution >= 0.6 is 34.5 Å². The van der Waals surface area contributed by atoms with Gasteiger partial charge in [-0.05, 0) is 48.6 Å². The van der Waals surface area contributed by atoms with E-state index in [1.54, 1.807) is 17.4 Å². The van der Waals surface area contributed by atoms with Gasteiger partial charge in [-0.15, -0.1) is 11.3 Å². The molecule has 22 heavy (non-hydrogen) atoms. The molecule has 0 unspecified atom stereocenters. The first kappa shape index (κ1) is 14.1. The Hall–Kier alpha value is -1.49. The summed E-state index contributed by atoms with van der Waals surface area (Å²) in [6.07, 6.45) is 0.989. The number of hydrogen-bond acceptors (Lipinski definition) is 3. The van der Waals surface area contributed by atoms with Crippen LogP contribution in [0.3, 0.4) is 0 Å². The topological polar surface area (TPSA) is 29.9 Å². The highest BCUT2D eigenvalue weighted by atomic mass is 35.5. The Morgan fingerprint density at radius 1 is 1.23 bits per heavy atom. The first-order valence-electron chi connectivity index (χ1n) is 7.00. The number of aryl methyl sites for hydroxylation is 1. The number of nitrogens with zero attached hydrogens (tertiary/aromatic N) is 2. The maximum atomic E-state index is 6.15. The first-order chi connectivity index (χ1) is 10.6. The van der Waals surface area contributed by atoms with E-state index < -0.39 is 0 Å². The molecule has 1 aliphatic rings. The highest BCUT2D eigenvalue weighted by Gasteiger charge is 2.24. The van der Waals surface area contributed by atoms with E-state index in [-0.39, 0.29) is 0 Å². The van der Waals surface area contributed by atoms with E-state index in [1.807, 2.05) is 16.8 Å². The second-order valence-corrected chi connectivity index (χ2v) is 7.08. The molecule has 0 amide bonds. The highest BCUT2D eigenvalue weighted by Crippen LogP contribution is 2.37. The number of thiophene rings is 1. The number of fused-ring (bicyclic) bond motifs is 1. The average Bonchev–Trinajstić information content (AvgIpc) is 3.17. The van der Waals surface area contributed by atoms with Gasteiger partial charge >= 0.3 is 0 Å². The fourth-order valence-corrected chi connectivity index (χ4v) is 3.93. The van der Waals surface area contributed by atoms with Gasteiger partial charge in [-0.1, -0.05) is 23.2 Å². The number of aromatic nitrogens is 2. The van der Waals surface area contributed by atoms with Crippen LogP contribution < -0.4 is 5.32 Å². The molecule has 6 heteroatoms. The number of nitrogens with one attached hydrogen (secondary N) is 1. The summed E-state index contributed by atoms with van der Waals surface area (Å²) >= 11 is 13.9. The van der Waals surface area contributed by atoms with Crippen molar-refractivity contribution in [2.45, 2.75) is 13.3 Å². The summed E-state index contributed by atoms with van der Waals surface area (Å²) in [5.41, 5.74) is 4.51. The van der Waals surface area contributed by atoms with Crippen molar-refractivity contribution in [2.75, 3.05) is 11.9 Å². The minimum absolute atomic E-state index is 0.537. The van der Waals surface area contributed by atoms with Crippen molar-refractivity contribution < 1.29 is 0 Å². The molecule has 0 spiro atoms. The summed E-state index contributed by atoms with van der Waals surface area (Å²) in [5, 5.41) is 11.5. The van der Waals surface area contributed by atoms with Crippen LogP contribution in [-0.4, -0.2) is 16.3 Å². The molecule has 112 valence electrons. The minimum atomic E-state index is 0.537. The summed E-state index contributed by atoms with van der Waals surface area (Å²) in [6.45, 7) is 3.04. The molecule has 3 aromatic rings. The summed E-state index contributed by atoms with van der Waals surface area (Å²) in [5.74, 6) is 1.06. The Balaban J connectivity index is 1.89. The van der Waals surface area contributed by atoms with Gasteiger partial charge in [0, 0.05) is 12.1 Å². The minimum Gasteiger partial charge on any atom is -0.369 e. The zero-order valence-electron chi connectivity index (χ0n) is 11.9. The van der Waals surface area contributed by atoms with Crippen LogP contribution in [-0.2, 0) is 6.42 Å². The summed E-state index contributed by atoms with van der Waals surface area (Å²) in [7, 11) is 0. The van der Waals surface area contributed by atoms with Crippen LogP contribution in [0.25, 0.3) is 16.3 Å². The van der Waals surface area contributed by atoms with Crippen molar-refractivity contribution in [3.05, 3.63) is 50.8 Å². The molecule has 1 aliphatic heterocycles. The summed E-state index contributed by atoms with van der Waals surface area (Å²) < 4.78 is 1.93. The Kier molecular flexibility index (Phi) is 3.40. The number of rotatable bonds is 2. The molecule has 0 bridgehead atoms. The normalized spacial score (nSPS) is 13.2. The van der Waals surface area contributed by atoms with Gasteiger partial charge in [0.05, 0.1) is 20.6 Å². The van der Waals surface area contributed by atoms with E-state index in [2.05, 4.69) is 23.7 Å². The van der Waals surface area contributed by atoms with Gasteiger partial charge in [-0.25, -0.2) is 4.68 Å². The van der Waals surface area contributed by atoms with Gasteiger partial charge < -0.3 is 5.32 Å². The molecular weight excluding hydrogens is 337 g/mol. The average molecular weight is 350 g/mol. The first-order valence-corrected chi connectivity index (χ1v) is 8.64.